The quantitative estimate of drug-likeness (QED) is 0.208. The third-order valence-electron chi connectivity index (χ3n) is 5.36. The standard InChI is InChI=1S/C26H15ClN4O/c27-21-7-3-18(4-8-21)19-5-11-24-23(13-19)26-20(14-29-24)6-12-25(30-16-28)31(26)22-9-1-17(15-32)2-10-22/h1-15H/b30-25-. The van der Waals surface area contributed by atoms with Crippen molar-refractivity contribution in [1.29, 1.82) is 5.26 Å². The van der Waals surface area contributed by atoms with Crippen LogP contribution in [0.4, 0.5) is 0 Å². The van der Waals surface area contributed by atoms with Crippen LogP contribution in [0.5, 0.6) is 0 Å². The van der Waals surface area contributed by atoms with Crippen LogP contribution in [0.2, 0.25) is 5.02 Å². The average molecular weight is 435 g/mol. The summed E-state index contributed by atoms with van der Waals surface area (Å²) in [6.07, 6.45) is 4.50. The summed E-state index contributed by atoms with van der Waals surface area (Å²) in [6.45, 7) is 0. The van der Waals surface area contributed by atoms with Crippen LogP contribution < -0.4 is 5.49 Å². The zero-order chi connectivity index (χ0) is 22.1. The van der Waals surface area contributed by atoms with Crippen LogP contribution in [0.3, 0.4) is 0 Å². The molecule has 0 saturated carbocycles. The van der Waals surface area contributed by atoms with Crippen LogP contribution in [-0.2, 0) is 0 Å². The van der Waals surface area contributed by atoms with Crippen molar-refractivity contribution in [3.63, 3.8) is 0 Å². The number of fused-ring (bicyclic) bond motifs is 3. The van der Waals surface area contributed by atoms with Gasteiger partial charge in [0.15, 0.2) is 0 Å². The number of rotatable bonds is 3. The second kappa shape index (κ2) is 8.10. The highest BCUT2D eigenvalue weighted by molar-refractivity contribution is 6.30. The summed E-state index contributed by atoms with van der Waals surface area (Å²) >= 11 is 6.06. The van der Waals surface area contributed by atoms with Gasteiger partial charge in [-0.25, -0.2) is 0 Å². The summed E-state index contributed by atoms with van der Waals surface area (Å²) in [5.74, 6) is 0. The molecule has 0 aliphatic carbocycles. The van der Waals surface area contributed by atoms with Crippen molar-refractivity contribution in [3.8, 4) is 23.0 Å². The van der Waals surface area contributed by atoms with E-state index in [0.717, 1.165) is 44.9 Å². The minimum absolute atomic E-state index is 0.489. The van der Waals surface area contributed by atoms with E-state index in [-0.39, 0.29) is 0 Å². The largest absolute Gasteiger partial charge is 0.298 e. The third kappa shape index (κ3) is 3.43. The number of aromatic nitrogens is 2. The van der Waals surface area contributed by atoms with Crippen molar-refractivity contribution in [1.82, 2.24) is 9.55 Å². The number of carbonyl (C=O) groups excluding carboxylic acids is 1. The molecule has 0 spiro atoms. The SMILES string of the molecule is N#C/N=c1/ccc2cnc3ccc(-c4ccc(Cl)cc4)cc3c2n1-c1ccc(C=O)cc1. The van der Waals surface area contributed by atoms with Gasteiger partial charge < -0.3 is 0 Å². The zero-order valence-electron chi connectivity index (χ0n) is 16.7. The Morgan fingerprint density at radius 1 is 0.938 bits per heavy atom. The smallest absolute Gasteiger partial charge is 0.207 e. The first-order valence-electron chi connectivity index (χ1n) is 9.87. The maximum atomic E-state index is 11.1. The summed E-state index contributed by atoms with van der Waals surface area (Å²) in [5.41, 5.74) is 5.61. The molecule has 0 saturated heterocycles. The molecule has 2 heterocycles. The minimum Gasteiger partial charge on any atom is -0.298 e. The number of nitriles is 1. The monoisotopic (exact) mass is 434 g/mol. The van der Waals surface area contributed by atoms with Gasteiger partial charge in [-0.3, -0.25) is 14.3 Å². The van der Waals surface area contributed by atoms with Crippen molar-refractivity contribution in [2.75, 3.05) is 0 Å². The molecular weight excluding hydrogens is 420 g/mol. The number of halogens is 1. The highest BCUT2D eigenvalue weighted by atomic mass is 35.5. The van der Waals surface area contributed by atoms with Gasteiger partial charge in [-0.05, 0) is 71.8 Å². The predicted molar refractivity (Wildman–Crippen MR) is 126 cm³/mol. The summed E-state index contributed by atoms with van der Waals surface area (Å²) in [7, 11) is 0. The van der Waals surface area contributed by atoms with Crippen LogP contribution in [0.25, 0.3) is 38.6 Å². The fraction of sp³-hybridized carbons (Fsp3) is 0. The van der Waals surface area contributed by atoms with Gasteiger partial charge in [0.2, 0.25) is 6.19 Å². The van der Waals surface area contributed by atoms with E-state index in [1.165, 1.54) is 0 Å². The molecule has 0 bridgehead atoms. The Morgan fingerprint density at radius 2 is 1.69 bits per heavy atom. The van der Waals surface area contributed by atoms with Crippen molar-refractivity contribution in [2.45, 2.75) is 0 Å². The molecule has 2 aromatic heterocycles. The maximum Gasteiger partial charge on any atom is 0.207 e. The first-order valence-corrected chi connectivity index (χ1v) is 10.2. The van der Waals surface area contributed by atoms with E-state index < -0.39 is 0 Å². The van der Waals surface area contributed by atoms with Crippen molar-refractivity contribution >= 4 is 39.7 Å². The molecule has 5 aromatic rings. The molecule has 5 rings (SSSR count). The van der Waals surface area contributed by atoms with Gasteiger partial charge in [0.25, 0.3) is 0 Å². The van der Waals surface area contributed by atoms with Crippen LogP contribution in [0.1, 0.15) is 10.4 Å². The van der Waals surface area contributed by atoms with E-state index in [1.54, 1.807) is 18.2 Å². The Labute approximate surface area is 188 Å². The number of nitrogens with zero attached hydrogens (tertiary/aromatic N) is 4. The highest BCUT2D eigenvalue weighted by Crippen LogP contribution is 2.30. The van der Waals surface area contributed by atoms with E-state index in [0.29, 0.717) is 16.1 Å². The van der Waals surface area contributed by atoms with Crippen LogP contribution >= 0.6 is 11.6 Å². The van der Waals surface area contributed by atoms with Gasteiger partial charge in [0.05, 0.1) is 11.0 Å². The van der Waals surface area contributed by atoms with Crippen LogP contribution in [-0.4, -0.2) is 15.8 Å². The highest BCUT2D eigenvalue weighted by Gasteiger charge is 2.11. The van der Waals surface area contributed by atoms with Crippen LogP contribution in [0, 0.1) is 11.5 Å². The molecule has 6 heteroatoms. The average Bonchev–Trinajstić information content (AvgIpc) is 2.84. The van der Waals surface area contributed by atoms with Gasteiger partial charge in [-0.1, -0.05) is 29.8 Å². The topological polar surface area (TPSA) is 71.0 Å². The molecule has 0 aliphatic rings. The second-order valence-corrected chi connectivity index (χ2v) is 7.69. The fourth-order valence-electron chi connectivity index (χ4n) is 3.84. The number of hydrogen-bond donors (Lipinski definition) is 0. The van der Waals surface area contributed by atoms with Crippen molar-refractivity contribution in [3.05, 3.63) is 101 Å². The molecule has 0 N–H and O–H groups in total. The van der Waals surface area contributed by atoms with Gasteiger partial charge in [-0.2, -0.15) is 10.3 Å². The van der Waals surface area contributed by atoms with E-state index >= 15 is 0 Å². The molecule has 0 amide bonds. The first kappa shape index (κ1) is 19.7. The Morgan fingerprint density at radius 3 is 2.41 bits per heavy atom. The molecule has 3 aromatic carbocycles. The predicted octanol–water partition coefficient (Wildman–Crippen LogP) is 5.69. The van der Waals surface area contributed by atoms with E-state index in [4.69, 9.17) is 11.6 Å². The molecule has 152 valence electrons. The fourth-order valence-corrected chi connectivity index (χ4v) is 3.97. The molecular formula is C26H15ClN4O. The number of pyridine rings is 2. The number of aldehydes is 1. The van der Waals surface area contributed by atoms with Gasteiger partial charge >= 0.3 is 0 Å². The second-order valence-electron chi connectivity index (χ2n) is 7.25. The zero-order valence-corrected chi connectivity index (χ0v) is 17.5. The third-order valence-corrected chi connectivity index (χ3v) is 5.61. The van der Waals surface area contributed by atoms with Gasteiger partial charge in [0, 0.05) is 33.2 Å². The molecule has 0 radical (unpaired) electrons. The molecule has 32 heavy (non-hydrogen) atoms. The molecule has 0 fully saturated rings. The molecule has 0 unspecified atom stereocenters. The van der Waals surface area contributed by atoms with Gasteiger partial charge in [-0.15, -0.1) is 0 Å². The number of hydrogen-bond acceptors (Lipinski definition) is 4. The van der Waals surface area contributed by atoms with Crippen LogP contribution in [0.15, 0.2) is 90.1 Å². The number of carbonyl (C=O) groups is 1. The normalized spacial score (nSPS) is 11.6. The summed E-state index contributed by atoms with van der Waals surface area (Å²) < 4.78 is 1.92. The Balaban J connectivity index is 1.88. The van der Waals surface area contributed by atoms with E-state index in [1.807, 2.05) is 71.6 Å². The van der Waals surface area contributed by atoms with Crippen molar-refractivity contribution < 1.29 is 4.79 Å². The first-order chi connectivity index (χ1) is 15.7. The lowest BCUT2D eigenvalue weighted by Gasteiger charge is -2.15. The van der Waals surface area contributed by atoms with E-state index in [9.17, 15) is 10.1 Å². The van der Waals surface area contributed by atoms with Gasteiger partial charge in [0.1, 0.15) is 11.8 Å². The lowest BCUT2D eigenvalue weighted by atomic mass is 10.0. The molecule has 0 aliphatic heterocycles. The summed E-state index contributed by atoms with van der Waals surface area (Å²) in [4.78, 5) is 19.8. The molecule has 0 atom stereocenters. The molecule has 5 nitrogen and oxygen atoms in total. The Kier molecular flexibility index (Phi) is 4.98. The maximum absolute atomic E-state index is 11.1. The lowest BCUT2D eigenvalue weighted by molar-refractivity contribution is 0.112. The van der Waals surface area contributed by atoms with Crippen molar-refractivity contribution in [2.24, 2.45) is 4.99 Å². The van der Waals surface area contributed by atoms with E-state index in [2.05, 4.69) is 16.0 Å². The summed E-state index contributed by atoms with van der Waals surface area (Å²) in [5, 5.41) is 11.8. The lowest BCUT2D eigenvalue weighted by Crippen LogP contribution is -2.19. The Hall–Kier alpha value is -4.27. The minimum atomic E-state index is 0.489. The summed E-state index contributed by atoms with van der Waals surface area (Å²) in [6, 6.07) is 24.6. The number of benzene rings is 3. The Bertz CT molecular complexity index is 1590.